The van der Waals surface area contributed by atoms with Gasteiger partial charge in [-0.1, -0.05) is 0 Å². The fourth-order valence-corrected chi connectivity index (χ4v) is 4.69. The number of methoxy groups -OCH3 is 1. The first-order valence-corrected chi connectivity index (χ1v) is 12.1. The predicted octanol–water partition coefficient (Wildman–Crippen LogP) is 2.75. The predicted molar refractivity (Wildman–Crippen MR) is 133 cm³/mol. The fraction of sp³-hybridized carbons (Fsp3) is 0.520. The maximum absolute atomic E-state index is 13.5. The summed E-state index contributed by atoms with van der Waals surface area (Å²) in [6.07, 6.45) is 4.58. The van der Waals surface area contributed by atoms with E-state index in [-0.39, 0.29) is 11.9 Å². The molecule has 1 saturated carbocycles. The smallest absolute Gasteiger partial charge is 0.321 e. The summed E-state index contributed by atoms with van der Waals surface area (Å²) < 4.78 is 10.9. The highest BCUT2D eigenvalue weighted by Gasteiger charge is 2.50. The molecule has 5 rings (SSSR count). The van der Waals surface area contributed by atoms with Gasteiger partial charge in [-0.25, -0.2) is 14.8 Å². The molecule has 3 amide bonds. The molecule has 1 unspecified atom stereocenters. The van der Waals surface area contributed by atoms with Crippen molar-refractivity contribution in [1.82, 2.24) is 14.9 Å². The number of aromatic nitrogens is 2. The van der Waals surface area contributed by atoms with E-state index in [0.717, 1.165) is 29.9 Å². The maximum Gasteiger partial charge on any atom is 0.321 e. The number of fused-ring (bicyclic) bond motifs is 3. The van der Waals surface area contributed by atoms with Crippen LogP contribution in [0.4, 0.5) is 22.0 Å². The average Bonchev–Trinajstić information content (AvgIpc) is 3.72. The van der Waals surface area contributed by atoms with Crippen LogP contribution in [0.3, 0.4) is 0 Å². The summed E-state index contributed by atoms with van der Waals surface area (Å²) in [6.45, 7) is 4.43. The van der Waals surface area contributed by atoms with E-state index in [1.165, 1.54) is 0 Å². The van der Waals surface area contributed by atoms with Gasteiger partial charge >= 0.3 is 6.03 Å². The number of ether oxygens (including phenoxy) is 2. The average molecular weight is 481 g/mol. The number of carbonyl (C=O) groups is 2. The van der Waals surface area contributed by atoms with Crippen LogP contribution in [0.1, 0.15) is 26.2 Å². The number of carbonyl (C=O) groups excluding carboxylic acids is 2. The SMILES string of the molecule is COCCCN1C(=O)C2(C)COCCN2c2nc(-c3ccc(NC(=O)N(C)C4CC4)cc3)ncc21. The first-order chi connectivity index (χ1) is 16.9. The number of hydrogen-bond acceptors (Lipinski definition) is 7. The van der Waals surface area contributed by atoms with E-state index in [4.69, 9.17) is 14.5 Å². The van der Waals surface area contributed by atoms with E-state index in [2.05, 4.69) is 15.2 Å². The third-order valence-corrected chi connectivity index (χ3v) is 6.98. The fourth-order valence-electron chi connectivity index (χ4n) is 4.69. The summed E-state index contributed by atoms with van der Waals surface area (Å²) in [6, 6.07) is 7.77. The van der Waals surface area contributed by atoms with Crippen molar-refractivity contribution in [2.75, 3.05) is 62.2 Å². The van der Waals surface area contributed by atoms with Crippen LogP contribution in [0.15, 0.2) is 30.5 Å². The third-order valence-electron chi connectivity index (χ3n) is 6.98. The number of nitrogens with zero attached hydrogens (tertiary/aromatic N) is 5. The zero-order chi connectivity index (χ0) is 24.6. The molecule has 0 bridgehead atoms. The molecule has 2 aliphatic heterocycles. The van der Waals surface area contributed by atoms with E-state index < -0.39 is 5.54 Å². The highest BCUT2D eigenvalue weighted by Crippen LogP contribution is 2.41. The first-order valence-electron chi connectivity index (χ1n) is 12.1. The molecule has 0 spiro atoms. The lowest BCUT2D eigenvalue weighted by Gasteiger charge is -2.50. The van der Waals surface area contributed by atoms with Gasteiger partial charge in [0.15, 0.2) is 11.6 Å². The number of nitrogens with one attached hydrogen (secondary N) is 1. The molecule has 1 aromatic carbocycles. The number of urea groups is 1. The van der Waals surface area contributed by atoms with E-state index in [9.17, 15) is 9.59 Å². The second-order valence-electron chi connectivity index (χ2n) is 9.53. The zero-order valence-electron chi connectivity index (χ0n) is 20.5. The number of morpholine rings is 1. The van der Waals surface area contributed by atoms with Crippen LogP contribution in [-0.2, 0) is 14.3 Å². The minimum atomic E-state index is -0.814. The minimum absolute atomic E-state index is 0.00610. The zero-order valence-corrected chi connectivity index (χ0v) is 20.5. The number of anilines is 3. The Morgan fingerprint density at radius 3 is 2.80 bits per heavy atom. The Morgan fingerprint density at radius 1 is 1.31 bits per heavy atom. The lowest BCUT2D eigenvalue weighted by Crippen LogP contribution is -2.67. The van der Waals surface area contributed by atoms with Gasteiger partial charge in [0.2, 0.25) is 0 Å². The van der Waals surface area contributed by atoms with Gasteiger partial charge in [0, 0.05) is 51.1 Å². The van der Waals surface area contributed by atoms with Gasteiger partial charge in [0.25, 0.3) is 5.91 Å². The van der Waals surface area contributed by atoms with Crippen molar-refractivity contribution >= 4 is 29.1 Å². The number of hydrogen-bond donors (Lipinski definition) is 1. The van der Waals surface area contributed by atoms with Crippen LogP contribution >= 0.6 is 0 Å². The number of benzene rings is 1. The van der Waals surface area contributed by atoms with Gasteiger partial charge in [-0.2, -0.15) is 0 Å². The lowest BCUT2D eigenvalue weighted by molar-refractivity contribution is -0.127. The van der Waals surface area contributed by atoms with Crippen LogP contribution in [0.5, 0.6) is 0 Å². The molecule has 1 N–H and O–H groups in total. The Hall–Kier alpha value is -3.24. The second kappa shape index (κ2) is 9.43. The molecule has 186 valence electrons. The normalized spacial score (nSPS) is 21.4. The van der Waals surface area contributed by atoms with Crippen LogP contribution < -0.4 is 15.1 Å². The van der Waals surface area contributed by atoms with E-state index in [0.29, 0.717) is 56.9 Å². The molecule has 2 aromatic rings. The quantitative estimate of drug-likeness (QED) is 0.608. The molecule has 0 radical (unpaired) electrons. The molecule has 2 fully saturated rings. The number of amides is 3. The summed E-state index contributed by atoms with van der Waals surface area (Å²) in [7, 11) is 3.48. The van der Waals surface area contributed by atoms with Gasteiger partial charge in [-0.05, 0) is 50.5 Å². The third kappa shape index (κ3) is 4.43. The standard InChI is InChI=1S/C25H32N6O4/c1-25-16-35-14-12-31(25)22-20(30(23(25)32)11-4-13-34-3)15-26-21(28-22)17-5-7-18(8-6-17)27-24(33)29(2)19-9-10-19/h5-8,15,19H,4,9-14,16H2,1-3H3,(H,27,33). The second-order valence-corrected chi connectivity index (χ2v) is 9.53. The van der Waals surface area contributed by atoms with Crippen molar-refractivity contribution in [1.29, 1.82) is 0 Å². The van der Waals surface area contributed by atoms with Gasteiger partial charge in [-0.3, -0.25) is 4.79 Å². The highest BCUT2D eigenvalue weighted by atomic mass is 16.5. The van der Waals surface area contributed by atoms with E-state index in [1.54, 1.807) is 23.1 Å². The molecule has 3 heterocycles. The molecule has 10 nitrogen and oxygen atoms in total. The minimum Gasteiger partial charge on any atom is -0.385 e. The van der Waals surface area contributed by atoms with Crippen molar-refractivity contribution < 1.29 is 19.1 Å². The topological polar surface area (TPSA) is 100 Å². The van der Waals surface area contributed by atoms with Crippen LogP contribution in [0, 0.1) is 0 Å². The Labute approximate surface area is 205 Å². The van der Waals surface area contributed by atoms with Crippen molar-refractivity contribution in [3.05, 3.63) is 30.5 Å². The largest absolute Gasteiger partial charge is 0.385 e. The van der Waals surface area contributed by atoms with Crippen LogP contribution in [-0.4, -0.2) is 85.5 Å². The molecule has 10 heteroatoms. The molecule has 1 aliphatic carbocycles. The van der Waals surface area contributed by atoms with Crippen molar-refractivity contribution in [3.63, 3.8) is 0 Å². The van der Waals surface area contributed by atoms with Crippen molar-refractivity contribution in [3.8, 4) is 11.4 Å². The molecule has 1 atom stereocenters. The maximum atomic E-state index is 13.5. The molecule has 35 heavy (non-hydrogen) atoms. The Bertz CT molecular complexity index is 1110. The summed E-state index contributed by atoms with van der Waals surface area (Å²) in [5.74, 6) is 1.30. The van der Waals surface area contributed by atoms with Crippen LogP contribution in [0.2, 0.25) is 0 Å². The summed E-state index contributed by atoms with van der Waals surface area (Å²) in [5.41, 5.74) is 1.45. The van der Waals surface area contributed by atoms with Gasteiger partial charge in [0.1, 0.15) is 11.2 Å². The number of rotatable bonds is 7. The van der Waals surface area contributed by atoms with E-state index in [1.807, 2.05) is 38.2 Å². The van der Waals surface area contributed by atoms with Crippen molar-refractivity contribution in [2.24, 2.45) is 0 Å². The molecular weight excluding hydrogens is 448 g/mol. The van der Waals surface area contributed by atoms with Crippen LogP contribution in [0.25, 0.3) is 11.4 Å². The Kier molecular flexibility index (Phi) is 6.33. The molecule has 1 aromatic heterocycles. The van der Waals surface area contributed by atoms with E-state index >= 15 is 0 Å². The highest BCUT2D eigenvalue weighted by molar-refractivity contribution is 6.07. The Morgan fingerprint density at radius 2 is 2.09 bits per heavy atom. The summed E-state index contributed by atoms with van der Waals surface area (Å²) in [5, 5.41) is 2.94. The molecular formula is C25H32N6O4. The molecule has 1 saturated heterocycles. The van der Waals surface area contributed by atoms with Crippen molar-refractivity contribution in [2.45, 2.75) is 37.8 Å². The van der Waals surface area contributed by atoms with Gasteiger partial charge < -0.3 is 29.5 Å². The summed E-state index contributed by atoms with van der Waals surface area (Å²) >= 11 is 0. The lowest BCUT2D eigenvalue weighted by atomic mass is 9.93. The monoisotopic (exact) mass is 480 g/mol. The van der Waals surface area contributed by atoms with Gasteiger partial charge in [-0.15, -0.1) is 0 Å². The molecule has 3 aliphatic rings. The Balaban J connectivity index is 1.41. The first kappa shape index (κ1) is 23.5. The van der Waals surface area contributed by atoms with Gasteiger partial charge in [0.05, 0.1) is 19.4 Å². The summed E-state index contributed by atoms with van der Waals surface area (Å²) in [4.78, 5) is 40.9.